The number of halogens is 1. The molecule has 1 unspecified atom stereocenters. The van der Waals surface area contributed by atoms with Crippen molar-refractivity contribution in [2.45, 2.75) is 18.7 Å². The molecule has 0 aromatic carbocycles. The first kappa shape index (κ1) is 5.69. The highest BCUT2D eigenvalue weighted by Gasteiger charge is 2.26. The zero-order valence-electron chi connectivity index (χ0n) is 4.34. The molecule has 1 heterocycles. The zero-order valence-corrected chi connectivity index (χ0v) is 4.34. The molecule has 0 aromatic heterocycles. The second kappa shape index (κ2) is 2.22. The van der Waals surface area contributed by atoms with E-state index in [9.17, 15) is 9.18 Å². The number of hydrogen-bond donors (Lipinski definition) is 0. The van der Waals surface area contributed by atoms with E-state index >= 15 is 0 Å². The Morgan fingerprint density at radius 3 is 2.75 bits per heavy atom. The lowest BCUT2D eigenvalue weighted by molar-refractivity contribution is -0.117. The number of carbonyl (C=O) groups excluding carboxylic acids is 1. The standard InChI is InChI=1S/C5H7FO2/c6-4-1-2-8-5(4)3-7/h3-5H,1-2H2/t4-,5?/m1/s1. The van der Waals surface area contributed by atoms with Crippen molar-refractivity contribution in [2.75, 3.05) is 6.61 Å². The summed E-state index contributed by atoms with van der Waals surface area (Å²) in [6.45, 7) is 0.380. The van der Waals surface area contributed by atoms with Crippen LogP contribution in [0.3, 0.4) is 0 Å². The summed E-state index contributed by atoms with van der Waals surface area (Å²) in [5.41, 5.74) is 0. The van der Waals surface area contributed by atoms with Gasteiger partial charge in [-0.05, 0) is 0 Å². The van der Waals surface area contributed by atoms with Gasteiger partial charge in [0.2, 0.25) is 0 Å². The predicted molar refractivity (Wildman–Crippen MR) is 25.3 cm³/mol. The van der Waals surface area contributed by atoms with Crippen LogP contribution in [-0.4, -0.2) is 25.2 Å². The maximum atomic E-state index is 12.2. The average Bonchev–Trinajstić information content (AvgIpc) is 2.14. The van der Waals surface area contributed by atoms with E-state index in [0.29, 0.717) is 19.3 Å². The molecule has 1 aliphatic rings. The Morgan fingerprint density at radius 2 is 2.50 bits per heavy atom. The van der Waals surface area contributed by atoms with Gasteiger partial charge >= 0.3 is 0 Å². The van der Waals surface area contributed by atoms with Gasteiger partial charge in [-0.15, -0.1) is 0 Å². The van der Waals surface area contributed by atoms with E-state index in [2.05, 4.69) is 4.74 Å². The molecular weight excluding hydrogens is 111 g/mol. The molecule has 0 aromatic rings. The summed E-state index contributed by atoms with van der Waals surface area (Å²) in [6.07, 6.45) is -0.969. The van der Waals surface area contributed by atoms with Crippen molar-refractivity contribution in [1.29, 1.82) is 0 Å². The maximum absolute atomic E-state index is 12.2. The summed E-state index contributed by atoms with van der Waals surface area (Å²) in [7, 11) is 0. The van der Waals surface area contributed by atoms with Crippen molar-refractivity contribution in [3.63, 3.8) is 0 Å². The van der Waals surface area contributed by atoms with Gasteiger partial charge in [0.15, 0.2) is 6.29 Å². The second-order valence-corrected chi connectivity index (χ2v) is 1.78. The first-order chi connectivity index (χ1) is 3.84. The molecule has 0 spiro atoms. The molecule has 0 radical (unpaired) electrons. The van der Waals surface area contributed by atoms with Crippen LogP contribution in [0.4, 0.5) is 4.39 Å². The Labute approximate surface area is 46.6 Å². The topological polar surface area (TPSA) is 26.3 Å². The highest BCUT2D eigenvalue weighted by Crippen LogP contribution is 2.14. The van der Waals surface area contributed by atoms with Crippen molar-refractivity contribution in [3.8, 4) is 0 Å². The zero-order chi connectivity index (χ0) is 5.98. The van der Waals surface area contributed by atoms with Gasteiger partial charge in [-0.25, -0.2) is 4.39 Å². The minimum atomic E-state index is -1.06. The molecule has 1 aliphatic heterocycles. The van der Waals surface area contributed by atoms with Crippen LogP contribution in [0.25, 0.3) is 0 Å². The SMILES string of the molecule is O=CC1OCC[C@H]1F. The van der Waals surface area contributed by atoms with E-state index in [1.54, 1.807) is 0 Å². The summed E-state index contributed by atoms with van der Waals surface area (Å²) < 4.78 is 16.9. The van der Waals surface area contributed by atoms with Crippen LogP contribution in [0, 0.1) is 0 Å². The number of rotatable bonds is 1. The fourth-order valence-corrected chi connectivity index (χ4v) is 0.710. The Bertz CT molecular complexity index is 94.4. The monoisotopic (exact) mass is 118 g/mol. The lowest BCUT2D eigenvalue weighted by atomic mass is 10.2. The largest absolute Gasteiger partial charge is 0.368 e. The quantitative estimate of drug-likeness (QED) is 0.463. The third-order valence-electron chi connectivity index (χ3n) is 1.19. The first-order valence-corrected chi connectivity index (χ1v) is 2.55. The minimum Gasteiger partial charge on any atom is -0.368 e. The molecule has 1 rings (SSSR count). The summed E-state index contributed by atoms with van der Waals surface area (Å²) in [6, 6.07) is 0. The molecule has 0 N–H and O–H groups in total. The number of hydrogen-bond acceptors (Lipinski definition) is 2. The van der Waals surface area contributed by atoms with Gasteiger partial charge in [-0.2, -0.15) is 0 Å². The van der Waals surface area contributed by atoms with E-state index in [1.807, 2.05) is 0 Å². The van der Waals surface area contributed by atoms with Crippen molar-refractivity contribution >= 4 is 6.29 Å². The summed E-state index contributed by atoms with van der Waals surface area (Å²) in [4.78, 5) is 9.85. The fourth-order valence-electron chi connectivity index (χ4n) is 0.710. The minimum absolute atomic E-state index is 0.364. The van der Waals surface area contributed by atoms with E-state index < -0.39 is 12.3 Å². The predicted octanol–water partition coefficient (Wildman–Crippen LogP) is 0.312. The van der Waals surface area contributed by atoms with Crippen LogP contribution in [0.5, 0.6) is 0 Å². The van der Waals surface area contributed by atoms with Crippen molar-refractivity contribution in [2.24, 2.45) is 0 Å². The second-order valence-electron chi connectivity index (χ2n) is 1.78. The number of carbonyl (C=O) groups is 1. The lowest BCUT2D eigenvalue weighted by Gasteiger charge is -1.99. The number of ether oxygens (including phenoxy) is 1. The summed E-state index contributed by atoms with van der Waals surface area (Å²) in [5, 5.41) is 0. The van der Waals surface area contributed by atoms with E-state index in [0.717, 1.165) is 0 Å². The highest BCUT2D eigenvalue weighted by molar-refractivity contribution is 5.57. The average molecular weight is 118 g/mol. The molecule has 0 aliphatic carbocycles. The molecule has 0 saturated carbocycles. The Morgan fingerprint density at radius 1 is 1.75 bits per heavy atom. The summed E-state index contributed by atoms with van der Waals surface area (Å²) in [5.74, 6) is 0. The van der Waals surface area contributed by atoms with Gasteiger partial charge in [0, 0.05) is 6.42 Å². The van der Waals surface area contributed by atoms with Crippen molar-refractivity contribution in [1.82, 2.24) is 0 Å². The Kier molecular flexibility index (Phi) is 1.58. The molecular formula is C5H7FO2. The molecule has 0 bridgehead atoms. The third kappa shape index (κ3) is 0.865. The van der Waals surface area contributed by atoms with Crippen molar-refractivity contribution < 1.29 is 13.9 Å². The number of aldehydes is 1. The lowest BCUT2D eigenvalue weighted by Crippen LogP contribution is -2.17. The molecule has 1 fully saturated rings. The van der Waals surface area contributed by atoms with Crippen LogP contribution in [-0.2, 0) is 9.53 Å². The summed E-state index contributed by atoms with van der Waals surface area (Å²) >= 11 is 0. The Hall–Kier alpha value is -0.440. The first-order valence-electron chi connectivity index (χ1n) is 2.55. The van der Waals surface area contributed by atoms with Crippen LogP contribution in [0.15, 0.2) is 0 Å². The van der Waals surface area contributed by atoms with Gasteiger partial charge < -0.3 is 9.53 Å². The van der Waals surface area contributed by atoms with E-state index in [-0.39, 0.29) is 0 Å². The van der Waals surface area contributed by atoms with Crippen LogP contribution in [0.1, 0.15) is 6.42 Å². The number of alkyl halides is 1. The maximum Gasteiger partial charge on any atom is 0.151 e. The van der Waals surface area contributed by atoms with Gasteiger partial charge in [0.1, 0.15) is 12.3 Å². The van der Waals surface area contributed by atoms with Crippen LogP contribution >= 0.6 is 0 Å². The molecule has 46 valence electrons. The molecule has 1 saturated heterocycles. The van der Waals surface area contributed by atoms with Gasteiger partial charge in [0.05, 0.1) is 6.61 Å². The van der Waals surface area contributed by atoms with Gasteiger partial charge in [-0.1, -0.05) is 0 Å². The van der Waals surface area contributed by atoms with E-state index in [1.165, 1.54) is 0 Å². The highest BCUT2D eigenvalue weighted by atomic mass is 19.1. The van der Waals surface area contributed by atoms with Crippen LogP contribution < -0.4 is 0 Å². The fraction of sp³-hybridized carbons (Fsp3) is 0.800. The smallest absolute Gasteiger partial charge is 0.151 e. The molecule has 2 atom stereocenters. The third-order valence-corrected chi connectivity index (χ3v) is 1.19. The molecule has 8 heavy (non-hydrogen) atoms. The molecule has 3 heteroatoms. The Balaban J connectivity index is 2.41. The molecule has 2 nitrogen and oxygen atoms in total. The van der Waals surface area contributed by atoms with Crippen LogP contribution in [0.2, 0.25) is 0 Å². The molecule has 0 amide bonds. The van der Waals surface area contributed by atoms with Gasteiger partial charge in [0.25, 0.3) is 0 Å². The van der Waals surface area contributed by atoms with Crippen molar-refractivity contribution in [3.05, 3.63) is 0 Å². The normalized spacial score (nSPS) is 37.6. The van der Waals surface area contributed by atoms with Gasteiger partial charge in [-0.3, -0.25) is 0 Å². The van der Waals surface area contributed by atoms with E-state index in [4.69, 9.17) is 0 Å².